The number of carbonyl (C=O) groups excluding carboxylic acids is 2. The van der Waals surface area contributed by atoms with Gasteiger partial charge in [0.05, 0.1) is 17.9 Å². The van der Waals surface area contributed by atoms with Crippen LogP contribution in [0.4, 0.5) is 5.69 Å². The lowest BCUT2D eigenvalue weighted by Gasteiger charge is -2.30. The van der Waals surface area contributed by atoms with Crippen molar-refractivity contribution in [3.8, 4) is 0 Å². The summed E-state index contributed by atoms with van der Waals surface area (Å²) < 4.78 is 32.8. The molecule has 2 aromatic carbocycles. The number of hydrogen-bond acceptors (Lipinski definition) is 6. The van der Waals surface area contributed by atoms with Gasteiger partial charge in [-0.1, -0.05) is 43.5 Å². The highest BCUT2D eigenvalue weighted by atomic mass is 32.2. The molecule has 172 valence electrons. The molecule has 0 heterocycles. The van der Waals surface area contributed by atoms with Crippen molar-refractivity contribution in [2.45, 2.75) is 49.6 Å². The van der Waals surface area contributed by atoms with Gasteiger partial charge in [0.2, 0.25) is 10.0 Å². The maximum atomic E-state index is 13.2. The fourth-order valence-electron chi connectivity index (χ4n) is 3.74. The maximum absolute atomic E-state index is 13.2. The Balaban J connectivity index is 1.66. The number of nitrogens with one attached hydrogen (secondary N) is 1. The molecule has 0 aromatic heterocycles. The van der Waals surface area contributed by atoms with Crippen molar-refractivity contribution >= 4 is 27.6 Å². The summed E-state index contributed by atoms with van der Waals surface area (Å²) in [6.45, 7) is -0.705. The third kappa shape index (κ3) is 5.73. The van der Waals surface area contributed by atoms with Crippen LogP contribution in [0.3, 0.4) is 0 Å². The third-order valence-corrected chi connectivity index (χ3v) is 7.58. The zero-order valence-corrected chi connectivity index (χ0v) is 18.8. The predicted molar refractivity (Wildman–Crippen MR) is 120 cm³/mol. The first-order chi connectivity index (χ1) is 15.3. The zero-order valence-electron chi connectivity index (χ0n) is 18.0. The molecule has 0 saturated heterocycles. The molecule has 0 spiro atoms. The Labute approximate surface area is 188 Å². The van der Waals surface area contributed by atoms with Gasteiger partial charge in [-0.15, -0.1) is 0 Å². The Hall–Kier alpha value is -2.75. The van der Waals surface area contributed by atoms with Crippen molar-refractivity contribution in [1.29, 1.82) is 0 Å². The number of aliphatic hydroxyl groups is 1. The van der Waals surface area contributed by atoms with Crippen LogP contribution in [0.1, 0.15) is 48.0 Å². The lowest BCUT2D eigenvalue weighted by Crippen LogP contribution is -2.38. The first kappa shape index (κ1) is 23.9. The average Bonchev–Trinajstić information content (AvgIpc) is 2.83. The molecule has 0 aliphatic heterocycles. The number of nitrogens with zero attached hydrogens (tertiary/aromatic N) is 1. The van der Waals surface area contributed by atoms with E-state index in [1.807, 2.05) is 0 Å². The summed E-state index contributed by atoms with van der Waals surface area (Å²) >= 11 is 0. The minimum Gasteiger partial charge on any atom is -0.452 e. The summed E-state index contributed by atoms with van der Waals surface area (Å²) in [7, 11) is -2.23. The van der Waals surface area contributed by atoms with Crippen LogP contribution in [0, 0.1) is 0 Å². The molecule has 1 fully saturated rings. The first-order valence-corrected chi connectivity index (χ1v) is 12.0. The van der Waals surface area contributed by atoms with Gasteiger partial charge in [-0.2, -0.15) is 4.31 Å². The zero-order chi connectivity index (χ0) is 23.1. The van der Waals surface area contributed by atoms with Gasteiger partial charge in [-0.05, 0) is 42.7 Å². The number of rotatable bonds is 8. The van der Waals surface area contributed by atoms with Gasteiger partial charge in [0.25, 0.3) is 5.91 Å². The molecule has 0 atom stereocenters. The number of amides is 1. The van der Waals surface area contributed by atoms with E-state index in [2.05, 4.69) is 5.32 Å². The largest absolute Gasteiger partial charge is 0.452 e. The first-order valence-electron chi connectivity index (χ1n) is 10.6. The van der Waals surface area contributed by atoms with Crippen LogP contribution in [0.25, 0.3) is 0 Å². The van der Waals surface area contributed by atoms with Crippen molar-refractivity contribution in [2.24, 2.45) is 0 Å². The Bertz CT molecular complexity index is 1050. The lowest BCUT2D eigenvalue weighted by atomic mass is 9.96. The molecule has 1 saturated carbocycles. The van der Waals surface area contributed by atoms with E-state index in [0.29, 0.717) is 5.56 Å². The molecular formula is C23H28N2O6S. The van der Waals surface area contributed by atoms with Gasteiger partial charge < -0.3 is 15.2 Å². The second-order valence-corrected chi connectivity index (χ2v) is 9.75. The average molecular weight is 461 g/mol. The lowest BCUT2D eigenvalue weighted by molar-refractivity contribution is -0.119. The van der Waals surface area contributed by atoms with Crippen molar-refractivity contribution < 1.29 is 27.9 Å². The van der Waals surface area contributed by atoms with Crippen molar-refractivity contribution in [1.82, 2.24) is 4.31 Å². The van der Waals surface area contributed by atoms with Gasteiger partial charge in [0.1, 0.15) is 4.90 Å². The van der Waals surface area contributed by atoms with E-state index >= 15 is 0 Å². The molecule has 0 radical (unpaired) electrons. The minimum absolute atomic E-state index is 0.00680. The molecule has 1 aliphatic carbocycles. The van der Waals surface area contributed by atoms with Crippen LogP contribution >= 0.6 is 0 Å². The molecule has 2 aromatic rings. The minimum atomic E-state index is -3.81. The van der Waals surface area contributed by atoms with E-state index in [1.165, 1.54) is 28.6 Å². The van der Waals surface area contributed by atoms with Crippen LogP contribution in [-0.4, -0.2) is 49.4 Å². The second-order valence-electron chi connectivity index (χ2n) is 7.79. The number of anilines is 1. The number of esters is 1. The highest BCUT2D eigenvalue weighted by Gasteiger charge is 2.31. The highest BCUT2D eigenvalue weighted by Crippen LogP contribution is 2.29. The standard InChI is InChI=1S/C23H28N2O6S/c1-25(19-7-3-2-4-8-19)32(29,30)21-10-6-5-9-20(21)24-22(27)16-31-23(28)18-13-11-17(15-26)12-14-18/h5-6,9-14,19,26H,2-4,7-8,15-16H2,1H3,(H,24,27). The van der Waals surface area contributed by atoms with E-state index in [1.54, 1.807) is 31.3 Å². The van der Waals surface area contributed by atoms with Gasteiger partial charge in [0.15, 0.2) is 6.61 Å². The molecule has 3 rings (SSSR count). The Kier molecular flexibility index (Phi) is 8.00. The van der Waals surface area contributed by atoms with Crippen molar-refractivity contribution in [2.75, 3.05) is 19.0 Å². The summed E-state index contributed by atoms with van der Waals surface area (Å²) in [6, 6.07) is 12.3. The van der Waals surface area contributed by atoms with Crippen molar-refractivity contribution in [3.63, 3.8) is 0 Å². The normalized spacial score (nSPS) is 14.8. The van der Waals surface area contributed by atoms with Crippen LogP contribution in [0.15, 0.2) is 53.4 Å². The number of para-hydroxylation sites is 1. The van der Waals surface area contributed by atoms with Crippen LogP contribution in [0.5, 0.6) is 0 Å². The SMILES string of the molecule is CN(C1CCCCC1)S(=O)(=O)c1ccccc1NC(=O)COC(=O)c1ccc(CO)cc1. The molecular weight excluding hydrogens is 432 g/mol. The number of ether oxygens (including phenoxy) is 1. The number of benzene rings is 2. The van der Waals surface area contributed by atoms with Crippen LogP contribution < -0.4 is 5.32 Å². The monoisotopic (exact) mass is 460 g/mol. The third-order valence-electron chi connectivity index (χ3n) is 5.61. The molecule has 0 unspecified atom stereocenters. The summed E-state index contributed by atoms with van der Waals surface area (Å²) in [4.78, 5) is 24.5. The second kappa shape index (κ2) is 10.7. The van der Waals surface area contributed by atoms with E-state index in [9.17, 15) is 18.0 Å². The molecule has 8 nitrogen and oxygen atoms in total. The maximum Gasteiger partial charge on any atom is 0.338 e. The predicted octanol–water partition coefficient (Wildman–Crippen LogP) is 2.93. The number of hydrogen-bond donors (Lipinski definition) is 2. The molecule has 1 aliphatic rings. The van der Waals surface area contributed by atoms with Crippen molar-refractivity contribution in [3.05, 3.63) is 59.7 Å². The number of aliphatic hydroxyl groups excluding tert-OH is 1. The molecule has 0 bridgehead atoms. The van der Waals surface area contributed by atoms with E-state index in [-0.39, 0.29) is 28.8 Å². The smallest absolute Gasteiger partial charge is 0.338 e. The molecule has 2 N–H and O–H groups in total. The number of sulfonamides is 1. The molecule has 9 heteroatoms. The van der Waals surface area contributed by atoms with Crippen LogP contribution in [-0.2, 0) is 26.2 Å². The quantitative estimate of drug-likeness (QED) is 0.586. The summed E-state index contributed by atoms with van der Waals surface area (Å²) in [5, 5.41) is 11.6. The molecule has 1 amide bonds. The highest BCUT2D eigenvalue weighted by molar-refractivity contribution is 7.89. The summed E-state index contributed by atoms with van der Waals surface area (Å²) in [6.07, 6.45) is 4.74. The van der Waals surface area contributed by atoms with Gasteiger partial charge >= 0.3 is 5.97 Å². The van der Waals surface area contributed by atoms with Crippen LogP contribution in [0.2, 0.25) is 0 Å². The van der Waals surface area contributed by atoms with Gasteiger partial charge in [-0.3, -0.25) is 4.79 Å². The van der Waals surface area contributed by atoms with E-state index < -0.39 is 28.5 Å². The summed E-state index contributed by atoms with van der Waals surface area (Å²) in [5.41, 5.74) is 1.03. The fourth-order valence-corrected chi connectivity index (χ4v) is 5.30. The Morgan fingerprint density at radius 1 is 1.06 bits per heavy atom. The molecule has 32 heavy (non-hydrogen) atoms. The Morgan fingerprint density at radius 3 is 2.38 bits per heavy atom. The summed E-state index contributed by atoms with van der Waals surface area (Å²) in [5.74, 6) is -1.34. The fraction of sp³-hybridized carbons (Fsp3) is 0.391. The van der Waals surface area contributed by atoms with Gasteiger partial charge in [-0.25, -0.2) is 13.2 Å². The van der Waals surface area contributed by atoms with E-state index in [0.717, 1.165) is 32.1 Å². The van der Waals surface area contributed by atoms with Gasteiger partial charge in [0, 0.05) is 13.1 Å². The van der Waals surface area contributed by atoms with E-state index in [4.69, 9.17) is 9.84 Å². The Morgan fingerprint density at radius 2 is 1.72 bits per heavy atom. The number of carbonyl (C=O) groups is 2. The topological polar surface area (TPSA) is 113 Å².